The van der Waals surface area contributed by atoms with E-state index in [-0.39, 0.29) is 10.8 Å². The van der Waals surface area contributed by atoms with Crippen LogP contribution in [0.3, 0.4) is 0 Å². The molecule has 3 rings (SSSR count). The Morgan fingerprint density at radius 3 is 3.07 bits per heavy atom. The average molecular weight is 225 g/mol. The maximum absolute atomic E-state index is 13.3. The van der Waals surface area contributed by atoms with E-state index in [1.165, 1.54) is 17.3 Å². The zero-order valence-corrected chi connectivity index (χ0v) is 8.79. The van der Waals surface area contributed by atoms with Gasteiger partial charge in [0.05, 0.1) is 5.02 Å². The molecule has 1 aromatic carbocycles. The van der Waals surface area contributed by atoms with Gasteiger partial charge in [-0.05, 0) is 17.7 Å². The number of H-pyrrole nitrogens is 1. The van der Waals surface area contributed by atoms with Crippen molar-refractivity contribution in [1.82, 2.24) is 10.3 Å². The summed E-state index contributed by atoms with van der Waals surface area (Å²) in [5.74, 6) is -0.350. The van der Waals surface area contributed by atoms with Crippen molar-refractivity contribution in [3.8, 4) is 0 Å². The van der Waals surface area contributed by atoms with E-state index in [4.69, 9.17) is 11.6 Å². The lowest BCUT2D eigenvalue weighted by Crippen LogP contribution is -2.22. The van der Waals surface area contributed by atoms with Crippen LogP contribution in [0.2, 0.25) is 5.02 Å². The first-order valence-corrected chi connectivity index (χ1v) is 5.32. The molecule has 78 valence electrons. The van der Waals surface area contributed by atoms with Gasteiger partial charge in [-0.15, -0.1) is 0 Å². The van der Waals surface area contributed by atoms with Crippen LogP contribution in [-0.2, 0) is 13.0 Å². The first-order valence-electron chi connectivity index (χ1n) is 4.95. The number of rotatable bonds is 0. The molecule has 0 amide bonds. The van der Waals surface area contributed by atoms with Crippen LogP contribution in [0.25, 0.3) is 10.9 Å². The molecule has 15 heavy (non-hydrogen) atoms. The summed E-state index contributed by atoms with van der Waals surface area (Å²) < 4.78 is 13.3. The molecule has 0 bridgehead atoms. The normalized spacial score (nSPS) is 15.6. The van der Waals surface area contributed by atoms with Crippen molar-refractivity contribution in [2.24, 2.45) is 0 Å². The average Bonchev–Trinajstić information content (AvgIpc) is 2.57. The summed E-state index contributed by atoms with van der Waals surface area (Å²) in [5, 5.41) is 4.40. The van der Waals surface area contributed by atoms with Crippen molar-refractivity contribution in [3.63, 3.8) is 0 Å². The highest BCUT2D eigenvalue weighted by atomic mass is 35.5. The SMILES string of the molecule is Fc1cc2c3c([nH]c2cc1Cl)CCNC3. The zero-order chi connectivity index (χ0) is 10.4. The molecule has 1 aromatic heterocycles. The van der Waals surface area contributed by atoms with Gasteiger partial charge in [0.2, 0.25) is 0 Å². The van der Waals surface area contributed by atoms with Gasteiger partial charge in [-0.1, -0.05) is 11.6 Å². The Balaban J connectivity index is 2.33. The molecule has 2 nitrogen and oxygen atoms in total. The van der Waals surface area contributed by atoms with Gasteiger partial charge in [-0.25, -0.2) is 4.39 Å². The second-order valence-electron chi connectivity index (χ2n) is 3.82. The molecule has 0 atom stereocenters. The fraction of sp³-hybridized carbons (Fsp3) is 0.273. The highest BCUT2D eigenvalue weighted by molar-refractivity contribution is 6.31. The first kappa shape index (κ1) is 9.19. The van der Waals surface area contributed by atoms with Crippen molar-refractivity contribution < 1.29 is 4.39 Å². The van der Waals surface area contributed by atoms with Crippen molar-refractivity contribution in [2.75, 3.05) is 6.54 Å². The number of fused-ring (bicyclic) bond motifs is 3. The number of benzene rings is 1. The van der Waals surface area contributed by atoms with Gasteiger partial charge in [0.1, 0.15) is 5.82 Å². The van der Waals surface area contributed by atoms with E-state index < -0.39 is 0 Å². The molecule has 1 aliphatic heterocycles. The number of halogens is 2. The quantitative estimate of drug-likeness (QED) is 0.708. The first-order chi connectivity index (χ1) is 7.25. The van der Waals surface area contributed by atoms with Crippen LogP contribution in [0.5, 0.6) is 0 Å². The maximum atomic E-state index is 13.3. The van der Waals surface area contributed by atoms with E-state index in [2.05, 4.69) is 10.3 Å². The Hall–Kier alpha value is -1.06. The van der Waals surface area contributed by atoms with Crippen LogP contribution in [0.15, 0.2) is 12.1 Å². The molecule has 2 aromatic rings. The summed E-state index contributed by atoms with van der Waals surface area (Å²) >= 11 is 5.74. The molecular weight excluding hydrogens is 215 g/mol. The Kier molecular flexibility index (Phi) is 1.97. The molecule has 0 radical (unpaired) electrons. The van der Waals surface area contributed by atoms with Crippen LogP contribution in [0.4, 0.5) is 4.39 Å². The standard InChI is InChI=1S/C11H10ClFN2/c12-8-4-11-6(3-9(8)13)7-5-14-2-1-10(7)15-11/h3-4,14-15H,1-2,5H2. The number of aromatic amines is 1. The summed E-state index contributed by atoms with van der Waals surface area (Å²) in [6, 6.07) is 3.17. The molecule has 0 spiro atoms. The van der Waals surface area contributed by atoms with E-state index in [0.29, 0.717) is 0 Å². The number of hydrogen-bond acceptors (Lipinski definition) is 1. The lowest BCUT2D eigenvalue weighted by Gasteiger charge is -2.12. The highest BCUT2D eigenvalue weighted by Crippen LogP contribution is 2.28. The molecule has 0 fully saturated rings. The molecule has 2 N–H and O–H groups in total. The summed E-state index contributed by atoms with van der Waals surface area (Å²) in [4.78, 5) is 3.29. The molecule has 0 unspecified atom stereocenters. The van der Waals surface area contributed by atoms with E-state index in [1.54, 1.807) is 6.07 Å². The summed E-state index contributed by atoms with van der Waals surface area (Å²) in [7, 11) is 0. The Labute approximate surface area is 91.4 Å². The van der Waals surface area contributed by atoms with Gasteiger partial charge >= 0.3 is 0 Å². The highest BCUT2D eigenvalue weighted by Gasteiger charge is 2.16. The van der Waals surface area contributed by atoms with Crippen LogP contribution in [-0.4, -0.2) is 11.5 Å². The van der Waals surface area contributed by atoms with Gasteiger partial charge in [0.15, 0.2) is 0 Å². The largest absolute Gasteiger partial charge is 0.358 e. The Morgan fingerprint density at radius 2 is 2.20 bits per heavy atom. The topological polar surface area (TPSA) is 27.8 Å². The second-order valence-corrected chi connectivity index (χ2v) is 4.23. The van der Waals surface area contributed by atoms with Gasteiger partial charge < -0.3 is 10.3 Å². The van der Waals surface area contributed by atoms with Gasteiger partial charge in [-0.2, -0.15) is 0 Å². The van der Waals surface area contributed by atoms with Crippen molar-refractivity contribution in [1.29, 1.82) is 0 Å². The maximum Gasteiger partial charge on any atom is 0.142 e. The minimum absolute atomic E-state index is 0.175. The molecule has 0 aliphatic carbocycles. The third kappa shape index (κ3) is 1.34. The zero-order valence-electron chi connectivity index (χ0n) is 8.03. The third-order valence-electron chi connectivity index (χ3n) is 2.89. The van der Waals surface area contributed by atoms with Crippen LogP contribution in [0.1, 0.15) is 11.3 Å². The summed E-state index contributed by atoms with van der Waals surface area (Å²) in [6.45, 7) is 1.77. The van der Waals surface area contributed by atoms with Crippen molar-refractivity contribution in [3.05, 3.63) is 34.2 Å². The lowest BCUT2D eigenvalue weighted by molar-refractivity contribution is 0.628. The van der Waals surface area contributed by atoms with E-state index in [1.807, 2.05) is 0 Å². The molecule has 2 heterocycles. The van der Waals surface area contributed by atoms with Crippen LogP contribution in [0, 0.1) is 5.82 Å². The molecule has 0 saturated heterocycles. The summed E-state index contributed by atoms with van der Waals surface area (Å²) in [5.41, 5.74) is 3.30. The van der Waals surface area contributed by atoms with E-state index >= 15 is 0 Å². The fourth-order valence-corrected chi connectivity index (χ4v) is 2.31. The van der Waals surface area contributed by atoms with Crippen molar-refractivity contribution in [2.45, 2.75) is 13.0 Å². The molecule has 4 heteroatoms. The van der Waals surface area contributed by atoms with Gasteiger partial charge in [0, 0.05) is 36.1 Å². The summed E-state index contributed by atoms with van der Waals surface area (Å²) in [6.07, 6.45) is 0.962. The fourth-order valence-electron chi connectivity index (χ4n) is 2.14. The number of hydrogen-bond donors (Lipinski definition) is 2. The van der Waals surface area contributed by atoms with Crippen molar-refractivity contribution >= 4 is 22.5 Å². The van der Waals surface area contributed by atoms with E-state index in [9.17, 15) is 4.39 Å². The third-order valence-corrected chi connectivity index (χ3v) is 3.18. The number of nitrogens with one attached hydrogen (secondary N) is 2. The van der Waals surface area contributed by atoms with Gasteiger partial charge in [0.25, 0.3) is 0 Å². The Bertz CT molecular complexity index is 533. The minimum Gasteiger partial charge on any atom is -0.358 e. The number of aromatic nitrogens is 1. The lowest BCUT2D eigenvalue weighted by atomic mass is 10.1. The predicted molar refractivity (Wildman–Crippen MR) is 58.7 cm³/mol. The van der Waals surface area contributed by atoms with Crippen LogP contribution < -0.4 is 5.32 Å². The van der Waals surface area contributed by atoms with Crippen LogP contribution >= 0.6 is 11.6 Å². The smallest absolute Gasteiger partial charge is 0.142 e. The Morgan fingerprint density at radius 1 is 1.33 bits per heavy atom. The minimum atomic E-state index is -0.350. The van der Waals surface area contributed by atoms with E-state index in [0.717, 1.165) is 30.4 Å². The van der Waals surface area contributed by atoms with Gasteiger partial charge in [-0.3, -0.25) is 0 Å². The predicted octanol–water partition coefficient (Wildman–Crippen LogP) is 2.61. The molecular formula is C11H10ClFN2. The monoisotopic (exact) mass is 224 g/mol. The second kappa shape index (κ2) is 3.22. The molecule has 1 aliphatic rings. The molecule has 0 saturated carbocycles.